The molecule has 0 N–H and O–H groups in total. The minimum Gasteiger partial charge on any atom is -0.293 e. The van der Waals surface area contributed by atoms with Crippen LogP contribution in [0.5, 0.6) is 0 Å². The van der Waals surface area contributed by atoms with Gasteiger partial charge in [0, 0.05) is 12.1 Å². The number of carbonyl (C=O) groups excluding carboxylic acids is 1. The number of ketones is 1. The highest BCUT2D eigenvalue weighted by molar-refractivity contribution is 7.13. The summed E-state index contributed by atoms with van der Waals surface area (Å²) in [4.78, 5) is 17.1. The van der Waals surface area contributed by atoms with Crippen LogP contribution in [0.15, 0.2) is 6.20 Å². The zero-order valence-electron chi connectivity index (χ0n) is 9.32. The third-order valence-electron chi connectivity index (χ3n) is 3.25. The lowest BCUT2D eigenvalue weighted by atomic mass is 9.81. The van der Waals surface area contributed by atoms with Crippen LogP contribution in [0.4, 0.5) is 0 Å². The van der Waals surface area contributed by atoms with Gasteiger partial charge < -0.3 is 0 Å². The number of thiazole rings is 1. The van der Waals surface area contributed by atoms with Crippen molar-refractivity contribution >= 4 is 17.1 Å². The van der Waals surface area contributed by atoms with Gasteiger partial charge in [-0.3, -0.25) is 4.79 Å². The lowest BCUT2D eigenvalue weighted by Gasteiger charge is -2.24. The zero-order valence-corrected chi connectivity index (χ0v) is 10.1. The van der Waals surface area contributed by atoms with Gasteiger partial charge in [0.1, 0.15) is 0 Å². The number of nitrogens with zero attached hydrogens (tertiary/aromatic N) is 1. The predicted molar refractivity (Wildman–Crippen MR) is 62.3 cm³/mol. The molecule has 1 heterocycles. The number of carbonyl (C=O) groups is 1. The van der Waals surface area contributed by atoms with Gasteiger partial charge in [-0.05, 0) is 25.7 Å². The number of rotatable bonds is 2. The van der Waals surface area contributed by atoms with Crippen molar-refractivity contribution in [3.8, 4) is 0 Å². The van der Waals surface area contributed by atoms with Gasteiger partial charge in [-0.2, -0.15) is 0 Å². The molecular weight excluding hydrogens is 206 g/mol. The molecule has 0 aliphatic heterocycles. The van der Waals surface area contributed by atoms with E-state index in [9.17, 15) is 4.79 Å². The fourth-order valence-corrected chi connectivity index (χ4v) is 3.00. The first-order valence-corrected chi connectivity index (χ1v) is 6.45. The maximum atomic E-state index is 12.1. The molecule has 0 amide bonds. The van der Waals surface area contributed by atoms with E-state index in [2.05, 4.69) is 11.9 Å². The molecule has 0 bridgehead atoms. The summed E-state index contributed by atoms with van der Waals surface area (Å²) in [7, 11) is 0. The van der Waals surface area contributed by atoms with Gasteiger partial charge in [-0.15, -0.1) is 11.3 Å². The summed E-state index contributed by atoms with van der Waals surface area (Å²) in [6.45, 7) is 4.22. The van der Waals surface area contributed by atoms with Crippen LogP contribution in [-0.4, -0.2) is 10.8 Å². The van der Waals surface area contributed by atoms with Crippen molar-refractivity contribution in [3.05, 3.63) is 16.1 Å². The highest BCUT2D eigenvalue weighted by Crippen LogP contribution is 2.31. The molecule has 1 saturated carbocycles. The molecule has 1 fully saturated rings. The first-order valence-electron chi connectivity index (χ1n) is 5.63. The molecule has 0 aromatic carbocycles. The van der Waals surface area contributed by atoms with Crippen molar-refractivity contribution in [1.29, 1.82) is 0 Å². The molecule has 82 valence electrons. The van der Waals surface area contributed by atoms with Gasteiger partial charge in [0.2, 0.25) is 0 Å². The van der Waals surface area contributed by atoms with Gasteiger partial charge in [-0.1, -0.05) is 19.8 Å². The SMILES string of the molecule is Cc1ncc(C(=O)C2CCC(C)CC2)s1. The molecule has 1 aromatic heterocycles. The van der Waals surface area contributed by atoms with E-state index >= 15 is 0 Å². The van der Waals surface area contributed by atoms with E-state index < -0.39 is 0 Å². The summed E-state index contributed by atoms with van der Waals surface area (Å²) in [5.74, 6) is 1.39. The molecule has 0 saturated heterocycles. The highest BCUT2D eigenvalue weighted by Gasteiger charge is 2.26. The van der Waals surface area contributed by atoms with E-state index in [4.69, 9.17) is 0 Å². The molecule has 2 nitrogen and oxygen atoms in total. The van der Waals surface area contributed by atoms with Crippen LogP contribution >= 0.6 is 11.3 Å². The van der Waals surface area contributed by atoms with Gasteiger partial charge >= 0.3 is 0 Å². The molecule has 0 radical (unpaired) electrons. The minimum absolute atomic E-state index is 0.265. The fraction of sp³-hybridized carbons (Fsp3) is 0.667. The van der Waals surface area contributed by atoms with Crippen LogP contribution in [-0.2, 0) is 0 Å². The summed E-state index contributed by atoms with van der Waals surface area (Å²) in [5.41, 5.74) is 0. The van der Waals surface area contributed by atoms with E-state index in [1.165, 1.54) is 24.2 Å². The maximum absolute atomic E-state index is 12.1. The van der Waals surface area contributed by atoms with E-state index in [-0.39, 0.29) is 5.92 Å². The molecule has 1 aromatic rings. The van der Waals surface area contributed by atoms with E-state index in [1.807, 2.05) is 6.92 Å². The molecule has 2 rings (SSSR count). The Hall–Kier alpha value is -0.700. The summed E-state index contributed by atoms with van der Waals surface area (Å²) in [6.07, 6.45) is 6.27. The lowest BCUT2D eigenvalue weighted by Crippen LogP contribution is -2.20. The number of aromatic nitrogens is 1. The summed E-state index contributed by atoms with van der Waals surface area (Å²) in [5, 5.41) is 0.988. The van der Waals surface area contributed by atoms with Crippen LogP contribution in [0.3, 0.4) is 0 Å². The topological polar surface area (TPSA) is 30.0 Å². The van der Waals surface area contributed by atoms with Crippen molar-refractivity contribution in [2.45, 2.75) is 39.5 Å². The first kappa shape index (κ1) is 10.8. The van der Waals surface area contributed by atoms with E-state index in [0.29, 0.717) is 5.78 Å². The molecule has 3 heteroatoms. The van der Waals surface area contributed by atoms with Crippen LogP contribution in [0.2, 0.25) is 0 Å². The number of hydrogen-bond donors (Lipinski definition) is 0. The summed E-state index contributed by atoms with van der Waals surface area (Å²) >= 11 is 1.53. The molecule has 0 spiro atoms. The lowest BCUT2D eigenvalue weighted by molar-refractivity contribution is 0.0880. The molecular formula is C12H17NOS. The Kier molecular flexibility index (Phi) is 3.19. The van der Waals surface area contributed by atoms with Crippen LogP contribution < -0.4 is 0 Å². The van der Waals surface area contributed by atoms with Gasteiger partial charge in [0.25, 0.3) is 0 Å². The quantitative estimate of drug-likeness (QED) is 0.719. The summed E-state index contributed by atoms with van der Waals surface area (Å²) in [6, 6.07) is 0. The number of hydrogen-bond acceptors (Lipinski definition) is 3. The van der Waals surface area contributed by atoms with Gasteiger partial charge in [0.05, 0.1) is 9.88 Å². The number of Topliss-reactive ketones (excluding diaryl/α,β-unsaturated/α-hetero) is 1. The summed E-state index contributed by atoms with van der Waals surface area (Å²) < 4.78 is 0. The first-order chi connectivity index (χ1) is 7.16. The normalized spacial score (nSPS) is 26.5. The zero-order chi connectivity index (χ0) is 10.8. The van der Waals surface area contributed by atoms with Crippen molar-refractivity contribution in [3.63, 3.8) is 0 Å². The molecule has 1 aliphatic carbocycles. The highest BCUT2D eigenvalue weighted by atomic mass is 32.1. The van der Waals surface area contributed by atoms with Crippen molar-refractivity contribution < 1.29 is 4.79 Å². The Morgan fingerprint density at radius 1 is 1.40 bits per heavy atom. The van der Waals surface area contributed by atoms with Crippen molar-refractivity contribution in [1.82, 2.24) is 4.98 Å². The Morgan fingerprint density at radius 3 is 2.60 bits per heavy atom. The maximum Gasteiger partial charge on any atom is 0.177 e. The third kappa shape index (κ3) is 2.46. The smallest absolute Gasteiger partial charge is 0.177 e. The van der Waals surface area contributed by atoms with Crippen molar-refractivity contribution in [2.75, 3.05) is 0 Å². The van der Waals surface area contributed by atoms with Crippen LogP contribution in [0.1, 0.15) is 47.3 Å². The monoisotopic (exact) mass is 223 g/mol. The molecule has 1 aliphatic rings. The molecule has 0 atom stereocenters. The van der Waals surface area contributed by atoms with Crippen LogP contribution in [0, 0.1) is 18.8 Å². The third-order valence-corrected chi connectivity index (χ3v) is 4.18. The molecule has 0 unspecified atom stereocenters. The predicted octanol–water partition coefficient (Wildman–Crippen LogP) is 3.46. The Bertz CT molecular complexity index is 350. The second-order valence-corrected chi connectivity index (χ2v) is 5.80. The Morgan fingerprint density at radius 2 is 2.07 bits per heavy atom. The van der Waals surface area contributed by atoms with Crippen molar-refractivity contribution in [2.24, 2.45) is 11.8 Å². The van der Waals surface area contributed by atoms with Gasteiger partial charge in [-0.25, -0.2) is 4.98 Å². The van der Waals surface area contributed by atoms with E-state index in [0.717, 1.165) is 28.6 Å². The second kappa shape index (κ2) is 4.44. The number of aryl methyl sites for hydroxylation is 1. The van der Waals surface area contributed by atoms with Crippen LogP contribution in [0.25, 0.3) is 0 Å². The van der Waals surface area contributed by atoms with Gasteiger partial charge in [0.15, 0.2) is 5.78 Å². The standard InChI is InChI=1S/C12H17NOS/c1-8-3-5-10(6-4-8)12(14)11-7-13-9(2)15-11/h7-8,10H,3-6H2,1-2H3. The minimum atomic E-state index is 0.265. The Balaban J connectivity index is 2.02. The second-order valence-electron chi connectivity index (χ2n) is 4.56. The van der Waals surface area contributed by atoms with E-state index in [1.54, 1.807) is 6.20 Å². The Labute approximate surface area is 94.7 Å². The largest absolute Gasteiger partial charge is 0.293 e. The average Bonchev–Trinajstić information content (AvgIpc) is 2.65. The molecule has 15 heavy (non-hydrogen) atoms. The average molecular weight is 223 g/mol. The fourth-order valence-electron chi connectivity index (χ4n) is 2.20.